The minimum atomic E-state index is -0.519. The third kappa shape index (κ3) is 9.99. The van der Waals surface area contributed by atoms with Crippen molar-refractivity contribution in [3.8, 4) is 0 Å². The zero-order valence-corrected chi connectivity index (χ0v) is 26.8. The maximum absolute atomic E-state index is 13.8. The second kappa shape index (κ2) is 16.5. The van der Waals surface area contributed by atoms with Crippen LogP contribution < -0.4 is 5.32 Å². The molecular formula is C35H47N3O3S. The molecule has 0 bridgehead atoms. The molecule has 0 aliphatic heterocycles. The molecule has 0 unspecified atom stereocenters. The number of amides is 1. The number of ketones is 2. The molecule has 7 heteroatoms. The number of carbonyl (C=O) groups is 3. The summed E-state index contributed by atoms with van der Waals surface area (Å²) < 4.78 is 1.10. The van der Waals surface area contributed by atoms with Crippen LogP contribution in [0.2, 0.25) is 0 Å². The minimum absolute atomic E-state index is 0.0298. The highest BCUT2D eigenvalue weighted by Gasteiger charge is 2.26. The first-order chi connectivity index (χ1) is 20.1. The number of hydrogen-bond donors (Lipinski definition) is 1. The number of carbonyl (C=O) groups excluding carboxylic acids is 3. The standard InChI is InChI=1S/C35H47N3O3S/c1-7-30(39)20-28(22-34-37-31-17-15-27(24(4)5)21-33(31)42-34)35(41)36-29(19-26-13-11-10-12-14-26)16-18-32(40)25(6)23-38(8-2)9-3/h10-15,17,21,24,28-29H,6-9,16,18-20,22-23H2,1-5H3,(H,36,41)/t28-,29+/m0/s1. The molecule has 1 amide bonds. The number of nitrogens with zero attached hydrogens (tertiary/aromatic N) is 2. The Morgan fingerprint density at radius 3 is 2.36 bits per heavy atom. The van der Waals surface area contributed by atoms with E-state index in [9.17, 15) is 14.4 Å². The highest BCUT2D eigenvalue weighted by molar-refractivity contribution is 7.18. The summed E-state index contributed by atoms with van der Waals surface area (Å²) in [7, 11) is 0. The molecule has 6 nitrogen and oxygen atoms in total. The first kappa shape index (κ1) is 33.3. The van der Waals surface area contributed by atoms with Crippen LogP contribution in [0, 0.1) is 5.92 Å². The molecule has 0 aliphatic carbocycles. The Kier molecular flexibility index (Phi) is 13.1. The van der Waals surface area contributed by atoms with E-state index in [1.54, 1.807) is 11.3 Å². The lowest BCUT2D eigenvalue weighted by Crippen LogP contribution is -2.42. The SMILES string of the molecule is C=C(CN(CC)CC)C(=O)CC[C@H](Cc1ccccc1)NC(=O)[C@@H](CC(=O)CC)Cc1nc2ccc(C(C)C)cc2s1. The van der Waals surface area contributed by atoms with Gasteiger partial charge in [-0.25, -0.2) is 4.98 Å². The van der Waals surface area contributed by atoms with Gasteiger partial charge in [0.15, 0.2) is 5.78 Å². The lowest BCUT2D eigenvalue weighted by atomic mass is 9.94. The summed E-state index contributed by atoms with van der Waals surface area (Å²) >= 11 is 1.60. The number of fused-ring (bicyclic) bond motifs is 1. The zero-order chi connectivity index (χ0) is 30.6. The summed E-state index contributed by atoms with van der Waals surface area (Å²) in [4.78, 5) is 46.3. The topological polar surface area (TPSA) is 79.4 Å². The average molecular weight is 590 g/mol. The van der Waals surface area contributed by atoms with Crippen LogP contribution in [0.25, 0.3) is 10.2 Å². The quantitative estimate of drug-likeness (QED) is 0.163. The van der Waals surface area contributed by atoms with Crippen molar-refractivity contribution in [1.29, 1.82) is 0 Å². The van der Waals surface area contributed by atoms with E-state index in [0.717, 1.165) is 33.9 Å². The summed E-state index contributed by atoms with van der Waals surface area (Å²) in [6.45, 7) is 16.6. The maximum atomic E-state index is 13.8. The highest BCUT2D eigenvalue weighted by atomic mass is 32.1. The molecule has 3 aromatic rings. The second-order valence-electron chi connectivity index (χ2n) is 11.4. The third-order valence-electron chi connectivity index (χ3n) is 7.88. The maximum Gasteiger partial charge on any atom is 0.224 e. The van der Waals surface area contributed by atoms with Crippen LogP contribution in [0.15, 0.2) is 60.7 Å². The summed E-state index contributed by atoms with van der Waals surface area (Å²) in [5.41, 5.74) is 3.87. The molecule has 0 aliphatic rings. The van der Waals surface area contributed by atoms with E-state index < -0.39 is 5.92 Å². The lowest BCUT2D eigenvalue weighted by molar-refractivity contribution is -0.130. The van der Waals surface area contributed by atoms with Gasteiger partial charge in [0, 0.05) is 43.8 Å². The van der Waals surface area contributed by atoms with Crippen molar-refractivity contribution in [1.82, 2.24) is 15.2 Å². The number of benzene rings is 2. The van der Waals surface area contributed by atoms with Crippen LogP contribution >= 0.6 is 11.3 Å². The van der Waals surface area contributed by atoms with Crippen molar-refractivity contribution in [2.24, 2.45) is 5.92 Å². The van der Waals surface area contributed by atoms with Gasteiger partial charge >= 0.3 is 0 Å². The van der Waals surface area contributed by atoms with Crippen LogP contribution in [0.1, 0.15) is 82.4 Å². The van der Waals surface area contributed by atoms with E-state index in [1.807, 2.05) is 43.3 Å². The number of hydrogen-bond acceptors (Lipinski definition) is 6. The number of rotatable bonds is 18. The van der Waals surface area contributed by atoms with E-state index in [2.05, 4.69) is 56.6 Å². The van der Waals surface area contributed by atoms with Crippen molar-refractivity contribution in [2.75, 3.05) is 19.6 Å². The number of thiazole rings is 1. The highest BCUT2D eigenvalue weighted by Crippen LogP contribution is 2.28. The van der Waals surface area contributed by atoms with Gasteiger partial charge < -0.3 is 5.32 Å². The van der Waals surface area contributed by atoms with E-state index in [4.69, 9.17) is 4.98 Å². The Hall–Kier alpha value is -3.16. The molecule has 0 saturated carbocycles. The summed E-state index contributed by atoms with van der Waals surface area (Å²) in [5.74, 6) is -0.171. The molecule has 226 valence electrons. The van der Waals surface area contributed by atoms with Crippen molar-refractivity contribution >= 4 is 39.0 Å². The average Bonchev–Trinajstić information content (AvgIpc) is 3.39. The van der Waals surface area contributed by atoms with Crippen LogP contribution in [-0.2, 0) is 27.2 Å². The molecule has 1 heterocycles. The largest absolute Gasteiger partial charge is 0.353 e. The molecule has 1 N–H and O–H groups in total. The Balaban J connectivity index is 1.76. The Morgan fingerprint density at radius 2 is 1.71 bits per heavy atom. The van der Waals surface area contributed by atoms with Crippen LogP contribution in [-0.4, -0.2) is 53.0 Å². The molecule has 0 fully saturated rings. The number of Topliss-reactive ketones (excluding diaryl/α,β-unsaturated/α-hetero) is 2. The fourth-order valence-corrected chi connectivity index (χ4v) is 6.15. The van der Waals surface area contributed by atoms with Crippen molar-refractivity contribution in [2.45, 2.75) is 85.1 Å². The summed E-state index contributed by atoms with van der Waals surface area (Å²) in [6.07, 6.45) is 2.39. The zero-order valence-electron chi connectivity index (χ0n) is 25.9. The monoisotopic (exact) mass is 589 g/mol. The van der Waals surface area contributed by atoms with Crippen molar-refractivity contribution in [3.63, 3.8) is 0 Å². The fraction of sp³-hybridized carbons (Fsp3) is 0.486. The Labute approximate surface area is 255 Å². The van der Waals surface area contributed by atoms with Crippen molar-refractivity contribution in [3.05, 3.63) is 76.8 Å². The van der Waals surface area contributed by atoms with Crippen LogP contribution in [0.4, 0.5) is 0 Å². The first-order valence-corrected chi connectivity index (χ1v) is 16.1. The van der Waals surface area contributed by atoms with E-state index in [-0.39, 0.29) is 29.9 Å². The number of nitrogens with one attached hydrogen (secondary N) is 1. The predicted molar refractivity (Wildman–Crippen MR) is 174 cm³/mol. The molecule has 0 saturated heterocycles. The lowest BCUT2D eigenvalue weighted by Gasteiger charge is -2.23. The van der Waals surface area contributed by atoms with Gasteiger partial charge in [-0.3, -0.25) is 19.3 Å². The van der Waals surface area contributed by atoms with Crippen LogP contribution in [0.3, 0.4) is 0 Å². The molecule has 1 aromatic heterocycles. The van der Waals surface area contributed by atoms with E-state index in [0.29, 0.717) is 50.1 Å². The molecular weight excluding hydrogens is 542 g/mol. The summed E-state index contributed by atoms with van der Waals surface area (Å²) in [5, 5.41) is 4.08. The molecule has 3 rings (SSSR count). The van der Waals surface area contributed by atoms with Gasteiger partial charge in [-0.05, 0) is 55.1 Å². The van der Waals surface area contributed by atoms with Gasteiger partial charge in [-0.1, -0.05) is 77.6 Å². The van der Waals surface area contributed by atoms with Gasteiger partial charge in [-0.15, -0.1) is 11.3 Å². The minimum Gasteiger partial charge on any atom is -0.353 e. The smallest absolute Gasteiger partial charge is 0.224 e. The molecule has 2 atom stereocenters. The van der Waals surface area contributed by atoms with Gasteiger partial charge in [0.25, 0.3) is 0 Å². The third-order valence-corrected chi connectivity index (χ3v) is 8.92. The summed E-state index contributed by atoms with van der Waals surface area (Å²) in [6, 6.07) is 16.1. The van der Waals surface area contributed by atoms with Crippen LogP contribution in [0.5, 0.6) is 0 Å². The molecule has 2 aromatic carbocycles. The Bertz CT molecular complexity index is 1340. The number of aromatic nitrogens is 1. The van der Waals surface area contributed by atoms with Gasteiger partial charge in [0.2, 0.25) is 5.91 Å². The normalized spacial score (nSPS) is 12.9. The van der Waals surface area contributed by atoms with Gasteiger partial charge in [-0.2, -0.15) is 0 Å². The second-order valence-corrected chi connectivity index (χ2v) is 12.5. The van der Waals surface area contributed by atoms with E-state index in [1.165, 1.54) is 5.56 Å². The van der Waals surface area contributed by atoms with E-state index >= 15 is 0 Å². The van der Waals surface area contributed by atoms with Gasteiger partial charge in [0.1, 0.15) is 5.78 Å². The van der Waals surface area contributed by atoms with Crippen molar-refractivity contribution < 1.29 is 14.4 Å². The molecule has 42 heavy (non-hydrogen) atoms. The first-order valence-electron chi connectivity index (χ1n) is 15.3. The predicted octanol–water partition coefficient (Wildman–Crippen LogP) is 6.92. The molecule has 0 radical (unpaired) electrons. The fourth-order valence-electron chi connectivity index (χ4n) is 5.05. The Morgan fingerprint density at radius 1 is 1.00 bits per heavy atom. The molecule has 0 spiro atoms. The van der Waals surface area contributed by atoms with Gasteiger partial charge in [0.05, 0.1) is 21.1 Å². The number of likely N-dealkylation sites (N-methyl/N-ethyl adjacent to an activating group) is 1.